The molecule has 3 rings (SSSR count). The van der Waals surface area contributed by atoms with Crippen LogP contribution in [-0.2, 0) is 5.38 Å². The van der Waals surface area contributed by atoms with E-state index < -0.39 is 11.3 Å². The molecule has 0 amide bonds. The molecule has 1 unspecified atom stereocenters. The lowest BCUT2D eigenvalue weighted by atomic mass is 10.1. The van der Waals surface area contributed by atoms with Crippen LogP contribution in [0.1, 0.15) is 17.5 Å². The fourth-order valence-corrected chi connectivity index (χ4v) is 2.17. The van der Waals surface area contributed by atoms with E-state index in [-0.39, 0.29) is 11.9 Å². The minimum atomic E-state index is -3.72. The Labute approximate surface area is 146 Å². The fraction of sp³-hybridized carbons (Fsp3) is 0.200. The lowest BCUT2D eigenvalue weighted by Gasteiger charge is -2.17. The quantitative estimate of drug-likeness (QED) is 0.646. The Morgan fingerprint density at radius 1 is 1.20 bits per heavy atom. The van der Waals surface area contributed by atoms with Gasteiger partial charge in [-0.3, -0.25) is 0 Å². The van der Waals surface area contributed by atoms with Gasteiger partial charge in [-0.05, 0) is 17.2 Å². The van der Waals surface area contributed by atoms with Crippen molar-refractivity contribution in [2.24, 2.45) is 5.73 Å². The zero-order valence-corrected chi connectivity index (χ0v) is 13.5. The van der Waals surface area contributed by atoms with Gasteiger partial charge in [-0.2, -0.15) is 13.8 Å². The van der Waals surface area contributed by atoms with E-state index in [1.54, 1.807) is 0 Å². The van der Waals surface area contributed by atoms with E-state index in [4.69, 9.17) is 17.3 Å². The minimum Gasteiger partial charge on any atom is -0.346 e. The summed E-state index contributed by atoms with van der Waals surface area (Å²) in [6.45, 7) is 0.341. The number of hydrogen-bond acceptors (Lipinski definition) is 7. The van der Waals surface area contributed by atoms with Crippen molar-refractivity contribution < 1.29 is 13.3 Å². The molecule has 25 heavy (non-hydrogen) atoms. The second-order valence-electron chi connectivity index (χ2n) is 5.06. The maximum Gasteiger partial charge on any atom is 0.400 e. The molecule has 1 aromatic carbocycles. The highest BCUT2D eigenvalue weighted by Crippen LogP contribution is 2.31. The molecule has 0 saturated heterocycles. The summed E-state index contributed by atoms with van der Waals surface area (Å²) >= 11 is 4.83. The monoisotopic (exact) mass is 366 g/mol. The average Bonchev–Trinajstić information content (AvgIpc) is 3.11. The molecule has 3 aromatic rings. The first-order chi connectivity index (χ1) is 12.0. The number of aromatic nitrogens is 4. The molecule has 0 radical (unpaired) electrons. The Morgan fingerprint density at radius 2 is 1.88 bits per heavy atom. The number of rotatable bonds is 6. The Morgan fingerprint density at radius 3 is 2.44 bits per heavy atom. The third kappa shape index (κ3) is 4.06. The second-order valence-corrected chi connectivity index (χ2v) is 5.53. The Hall–Kier alpha value is -2.65. The molecule has 0 spiro atoms. The van der Waals surface area contributed by atoms with Crippen molar-refractivity contribution in [1.29, 1.82) is 0 Å². The number of anilines is 1. The molecular weight excluding hydrogens is 354 g/mol. The molecule has 0 bridgehead atoms. The van der Waals surface area contributed by atoms with Gasteiger partial charge in [0.15, 0.2) is 0 Å². The van der Waals surface area contributed by atoms with E-state index in [2.05, 4.69) is 29.9 Å². The molecule has 0 saturated carbocycles. The average molecular weight is 367 g/mol. The highest BCUT2D eigenvalue weighted by atomic mass is 35.5. The minimum absolute atomic E-state index is 0.0830. The van der Waals surface area contributed by atoms with E-state index in [0.29, 0.717) is 18.1 Å². The van der Waals surface area contributed by atoms with Crippen LogP contribution in [0.15, 0.2) is 47.2 Å². The molecule has 130 valence electrons. The predicted molar refractivity (Wildman–Crippen MR) is 86.9 cm³/mol. The standard InChI is InChI=1S/C15H13ClF2N6O/c16-15(17,18)13-23-12(24-25-13)10-7-20-14(21-8-10)22-11(6-19)9-4-2-1-3-5-9/h1-5,7-8,11H,6,19H2,(H,20,21,22). The highest BCUT2D eigenvalue weighted by molar-refractivity contribution is 6.21. The van der Waals surface area contributed by atoms with Gasteiger partial charge < -0.3 is 15.6 Å². The number of nitrogens with zero attached hydrogens (tertiary/aromatic N) is 4. The van der Waals surface area contributed by atoms with E-state index in [1.807, 2.05) is 30.3 Å². The SMILES string of the molecule is NCC(Nc1ncc(-c2noc(C(F)(F)Cl)n2)cn1)c1ccccc1. The van der Waals surface area contributed by atoms with Crippen LogP contribution in [0.3, 0.4) is 0 Å². The van der Waals surface area contributed by atoms with Gasteiger partial charge in [0.25, 0.3) is 0 Å². The zero-order chi connectivity index (χ0) is 17.9. The maximum atomic E-state index is 12.9. The summed E-state index contributed by atoms with van der Waals surface area (Å²) in [6, 6.07) is 9.43. The van der Waals surface area contributed by atoms with Gasteiger partial charge in [0.2, 0.25) is 11.8 Å². The lowest BCUT2D eigenvalue weighted by Crippen LogP contribution is -2.21. The Bertz CT molecular complexity index is 822. The molecular formula is C15H13ClF2N6O. The first kappa shape index (κ1) is 17.2. The van der Waals surface area contributed by atoms with E-state index in [9.17, 15) is 8.78 Å². The van der Waals surface area contributed by atoms with Crippen molar-refractivity contribution in [3.63, 3.8) is 0 Å². The number of benzene rings is 1. The summed E-state index contributed by atoms with van der Waals surface area (Å²) in [6.07, 6.45) is 2.77. The van der Waals surface area contributed by atoms with Crippen molar-refractivity contribution in [1.82, 2.24) is 20.1 Å². The molecule has 10 heteroatoms. The predicted octanol–water partition coefficient (Wildman–Crippen LogP) is 2.93. The van der Waals surface area contributed by atoms with Crippen LogP contribution in [-0.4, -0.2) is 26.7 Å². The number of nitrogens with one attached hydrogen (secondary N) is 1. The highest BCUT2D eigenvalue weighted by Gasteiger charge is 2.35. The Kier molecular flexibility index (Phi) is 4.86. The van der Waals surface area contributed by atoms with Gasteiger partial charge in [-0.15, -0.1) is 0 Å². The summed E-state index contributed by atoms with van der Waals surface area (Å²) in [5, 5.41) is 2.81. The van der Waals surface area contributed by atoms with Crippen molar-refractivity contribution >= 4 is 17.5 Å². The largest absolute Gasteiger partial charge is 0.400 e. The zero-order valence-electron chi connectivity index (χ0n) is 12.7. The second kappa shape index (κ2) is 7.08. The van der Waals surface area contributed by atoms with Gasteiger partial charge in [0.05, 0.1) is 11.6 Å². The molecule has 0 aliphatic heterocycles. The van der Waals surface area contributed by atoms with Gasteiger partial charge in [-0.1, -0.05) is 35.5 Å². The van der Waals surface area contributed by atoms with Gasteiger partial charge >= 0.3 is 11.3 Å². The topological polar surface area (TPSA) is 103 Å². The van der Waals surface area contributed by atoms with Crippen LogP contribution in [0, 0.1) is 0 Å². The van der Waals surface area contributed by atoms with E-state index in [1.165, 1.54) is 12.4 Å². The van der Waals surface area contributed by atoms with E-state index >= 15 is 0 Å². The number of alkyl halides is 3. The summed E-state index contributed by atoms with van der Waals surface area (Å²) in [7, 11) is 0. The molecule has 2 heterocycles. The Balaban J connectivity index is 1.75. The summed E-state index contributed by atoms with van der Waals surface area (Å²) in [5.41, 5.74) is 7.08. The maximum absolute atomic E-state index is 12.9. The lowest BCUT2D eigenvalue weighted by molar-refractivity contribution is 0.0551. The van der Waals surface area contributed by atoms with Crippen LogP contribution >= 0.6 is 11.6 Å². The fourth-order valence-electron chi connectivity index (χ4n) is 2.09. The first-order valence-corrected chi connectivity index (χ1v) is 7.60. The summed E-state index contributed by atoms with van der Waals surface area (Å²) < 4.78 is 30.2. The molecule has 3 N–H and O–H groups in total. The van der Waals surface area contributed by atoms with Crippen LogP contribution in [0.2, 0.25) is 0 Å². The van der Waals surface area contributed by atoms with Gasteiger partial charge in [0, 0.05) is 18.9 Å². The van der Waals surface area contributed by atoms with E-state index in [0.717, 1.165) is 5.56 Å². The van der Waals surface area contributed by atoms with Gasteiger partial charge in [0.1, 0.15) is 0 Å². The normalized spacial score (nSPS) is 12.8. The number of hydrogen-bond donors (Lipinski definition) is 2. The van der Waals surface area contributed by atoms with Crippen molar-refractivity contribution in [3.8, 4) is 11.4 Å². The van der Waals surface area contributed by atoms with Crippen molar-refractivity contribution in [2.75, 3.05) is 11.9 Å². The summed E-state index contributed by atoms with van der Waals surface area (Å²) in [4.78, 5) is 11.8. The van der Waals surface area contributed by atoms with Crippen LogP contribution < -0.4 is 11.1 Å². The number of nitrogens with two attached hydrogens (primary N) is 1. The third-order valence-electron chi connectivity index (χ3n) is 3.32. The van der Waals surface area contributed by atoms with Crippen LogP contribution in [0.4, 0.5) is 14.7 Å². The van der Waals surface area contributed by atoms with Crippen molar-refractivity contribution in [2.45, 2.75) is 11.4 Å². The molecule has 0 aliphatic carbocycles. The summed E-state index contributed by atoms with van der Waals surface area (Å²) in [5.74, 6) is -0.742. The number of halogens is 3. The van der Waals surface area contributed by atoms with Crippen LogP contribution in [0.25, 0.3) is 11.4 Å². The smallest absolute Gasteiger partial charge is 0.346 e. The molecule has 7 nitrogen and oxygen atoms in total. The van der Waals surface area contributed by atoms with Crippen LogP contribution in [0.5, 0.6) is 0 Å². The molecule has 2 aromatic heterocycles. The molecule has 0 aliphatic rings. The molecule has 0 fully saturated rings. The molecule has 1 atom stereocenters. The van der Waals surface area contributed by atoms with Gasteiger partial charge in [-0.25, -0.2) is 9.97 Å². The first-order valence-electron chi connectivity index (χ1n) is 7.22. The third-order valence-corrected chi connectivity index (χ3v) is 3.48. The van der Waals surface area contributed by atoms with Crippen molar-refractivity contribution in [3.05, 3.63) is 54.2 Å².